The molecule has 0 aliphatic carbocycles. The van der Waals surface area contributed by atoms with Crippen molar-refractivity contribution in [3.63, 3.8) is 0 Å². The third-order valence-electron chi connectivity index (χ3n) is 12.7. The number of unbranched alkanes of at least 4 members (excludes halogenated alkanes) is 7. The highest BCUT2D eigenvalue weighted by Crippen LogP contribution is 2.41. The van der Waals surface area contributed by atoms with Crippen molar-refractivity contribution in [3.05, 3.63) is 77.2 Å². The van der Waals surface area contributed by atoms with Crippen LogP contribution in [-0.2, 0) is 20.8 Å². The van der Waals surface area contributed by atoms with E-state index in [1.165, 1.54) is 67.6 Å². The van der Waals surface area contributed by atoms with Gasteiger partial charge in [0.05, 0.1) is 28.3 Å². The summed E-state index contributed by atoms with van der Waals surface area (Å²) < 4.78 is 1.09. The van der Waals surface area contributed by atoms with Gasteiger partial charge in [-0.2, -0.15) is 0 Å². The average Bonchev–Trinajstić information content (AvgIpc) is 3.60. The second-order valence-corrected chi connectivity index (χ2v) is 18.5. The van der Waals surface area contributed by atoms with Crippen LogP contribution in [0.1, 0.15) is 86.4 Å². The molecule has 2 aromatic heterocycles. The van der Waals surface area contributed by atoms with Crippen LogP contribution >= 0.6 is 11.3 Å². The Kier molecular flexibility index (Phi) is 13.7. The molecule has 13 heteroatoms. The quantitative estimate of drug-likeness (QED) is 0.0485. The number of imide groups is 1. The zero-order valence-electron chi connectivity index (χ0n) is 36.4. The first kappa shape index (κ1) is 43.1. The second kappa shape index (κ2) is 19.7. The summed E-state index contributed by atoms with van der Waals surface area (Å²) in [7, 11) is 3.89. The summed E-state index contributed by atoms with van der Waals surface area (Å²) in [6.07, 6.45) is 12.2. The topological polar surface area (TPSA) is 130 Å². The van der Waals surface area contributed by atoms with Crippen molar-refractivity contribution in [1.29, 1.82) is 0 Å². The number of fused-ring (bicyclic) bond motifs is 5. The Balaban J connectivity index is 0.735. The van der Waals surface area contributed by atoms with Crippen molar-refractivity contribution >= 4 is 79.2 Å². The number of piperazine rings is 1. The molecule has 1 unspecified atom stereocenters. The van der Waals surface area contributed by atoms with E-state index in [-0.39, 0.29) is 24.3 Å². The Morgan fingerprint density at radius 1 is 0.855 bits per heavy atom. The molecule has 5 heterocycles. The van der Waals surface area contributed by atoms with Gasteiger partial charge < -0.3 is 25.3 Å². The van der Waals surface area contributed by atoms with Crippen LogP contribution in [0.2, 0.25) is 0 Å². The zero-order valence-corrected chi connectivity index (χ0v) is 37.2. The van der Waals surface area contributed by atoms with E-state index in [0.717, 1.165) is 87.5 Å². The molecule has 326 valence electrons. The van der Waals surface area contributed by atoms with Crippen molar-refractivity contribution in [2.45, 2.75) is 89.6 Å². The second-order valence-electron chi connectivity index (χ2n) is 17.4. The summed E-state index contributed by atoms with van der Waals surface area (Å²) in [5.41, 5.74) is 7.98. The molecule has 12 nitrogen and oxygen atoms in total. The maximum atomic E-state index is 12.9. The number of nitrogens with one attached hydrogen (secondary N) is 3. The van der Waals surface area contributed by atoms with Crippen LogP contribution in [0.5, 0.6) is 0 Å². The van der Waals surface area contributed by atoms with Crippen molar-refractivity contribution in [2.75, 3.05) is 73.4 Å². The third kappa shape index (κ3) is 9.74. The van der Waals surface area contributed by atoms with Gasteiger partial charge in [0.15, 0.2) is 0 Å². The summed E-state index contributed by atoms with van der Waals surface area (Å²) in [5.74, 6) is -0.724. The number of aryl methyl sites for hydroxylation is 1. The van der Waals surface area contributed by atoms with E-state index in [9.17, 15) is 19.2 Å². The first-order valence-corrected chi connectivity index (χ1v) is 23.3. The van der Waals surface area contributed by atoms with Crippen molar-refractivity contribution in [3.8, 4) is 11.3 Å². The van der Waals surface area contributed by atoms with E-state index in [2.05, 4.69) is 86.4 Å². The predicted molar refractivity (Wildman–Crippen MR) is 253 cm³/mol. The number of piperidine rings is 1. The van der Waals surface area contributed by atoms with Gasteiger partial charge >= 0.3 is 0 Å². The van der Waals surface area contributed by atoms with Gasteiger partial charge in [-0.15, -0.1) is 11.3 Å². The molecular formula is C49H60N8O4S. The predicted octanol–water partition coefficient (Wildman–Crippen LogP) is 7.98. The lowest BCUT2D eigenvalue weighted by atomic mass is 10.0. The molecule has 4 amide bonds. The Hall–Kier alpha value is -5.53. The molecule has 2 fully saturated rings. The summed E-state index contributed by atoms with van der Waals surface area (Å²) >= 11 is 1.54. The molecule has 0 bridgehead atoms. The molecule has 62 heavy (non-hydrogen) atoms. The minimum atomic E-state index is -0.685. The average molecular weight is 857 g/mol. The molecule has 0 saturated carbocycles. The standard InChI is InChI=1S/C49H60N8O4S/c1-33-31-50-46-45-37-17-18-38(52-39(37)19-22-43(45)62-47(46)49(61)51-33)35-14-12-15-36(30-35)56-27-25-55(26-28-56)24-11-9-7-5-4-6-8-10-13-34-16-20-40(42(29-34)54(2)3)57(32-58)41-21-23-44(59)53-48(41)60/h12,14-20,22,29-30,32-33,41,50H,4-11,13,21,23-28,31H2,1-3H3,(H,51,61)(H,53,59,60)/t33-,41?/m1/s1. The number of carbonyl (C=O) groups excluding carboxylic acids is 4. The molecule has 2 atom stereocenters. The highest BCUT2D eigenvalue weighted by atomic mass is 32.1. The fourth-order valence-corrected chi connectivity index (χ4v) is 10.3. The SMILES string of the molecule is C[C@@H]1CNc2c(sc3ccc4nc(-c5cccc(N6CCN(CCCCCCCCCCc7ccc(N(C=O)C8CCC(=O)NC8=O)c(N(C)C)c7)CC6)c5)ccc4c23)C(=O)N1. The van der Waals surface area contributed by atoms with E-state index in [0.29, 0.717) is 25.1 Å². The molecule has 2 saturated heterocycles. The highest BCUT2D eigenvalue weighted by Gasteiger charge is 2.33. The Bertz CT molecular complexity index is 2420. The number of nitrogens with zero attached hydrogens (tertiary/aromatic N) is 5. The molecule has 0 radical (unpaired) electrons. The normalized spacial score (nSPS) is 18.2. The van der Waals surface area contributed by atoms with Crippen LogP contribution in [0.15, 0.2) is 66.7 Å². The van der Waals surface area contributed by atoms with E-state index >= 15 is 0 Å². The van der Waals surface area contributed by atoms with Gasteiger partial charge in [0.25, 0.3) is 5.91 Å². The fourth-order valence-electron chi connectivity index (χ4n) is 9.25. The van der Waals surface area contributed by atoms with Crippen molar-refractivity contribution in [2.24, 2.45) is 0 Å². The largest absolute Gasteiger partial charge is 0.381 e. The number of pyridine rings is 1. The molecule has 3 aliphatic heterocycles. The Labute approximate surface area is 369 Å². The summed E-state index contributed by atoms with van der Waals surface area (Å²) in [5, 5.41) is 11.1. The summed E-state index contributed by atoms with van der Waals surface area (Å²) in [6, 6.07) is 22.8. The fraction of sp³-hybridized carbons (Fsp3) is 0.449. The van der Waals surface area contributed by atoms with E-state index in [4.69, 9.17) is 4.98 Å². The lowest BCUT2D eigenvalue weighted by Crippen LogP contribution is -2.52. The maximum Gasteiger partial charge on any atom is 0.263 e. The number of amides is 4. The Morgan fingerprint density at radius 3 is 2.39 bits per heavy atom. The lowest BCUT2D eigenvalue weighted by Gasteiger charge is -2.36. The van der Waals surface area contributed by atoms with Gasteiger partial charge in [-0.1, -0.05) is 56.7 Å². The van der Waals surface area contributed by atoms with Crippen molar-refractivity contribution < 1.29 is 19.2 Å². The van der Waals surface area contributed by atoms with Crippen LogP contribution in [-0.4, -0.2) is 99.5 Å². The summed E-state index contributed by atoms with van der Waals surface area (Å²) in [4.78, 5) is 63.6. The smallest absolute Gasteiger partial charge is 0.263 e. The van der Waals surface area contributed by atoms with Gasteiger partial charge in [-0.25, -0.2) is 4.98 Å². The minimum absolute atomic E-state index is 0.0102. The molecule has 3 aromatic carbocycles. The van der Waals surface area contributed by atoms with Crippen LogP contribution in [0, 0.1) is 0 Å². The number of thiophene rings is 1. The van der Waals surface area contributed by atoms with Crippen LogP contribution in [0.3, 0.4) is 0 Å². The molecule has 8 rings (SSSR count). The van der Waals surface area contributed by atoms with E-state index in [1.54, 1.807) is 11.3 Å². The van der Waals surface area contributed by atoms with Crippen LogP contribution in [0.4, 0.5) is 22.7 Å². The van der Waals surface area contributed by atoms with Gasteiger partial charge in [0.1, 0.15) is 10.9 Å². The minimum Gasteiger partial charge on any atom is -0.381 e. The number of anilines is 4. The molecule has 5 aromatic rings. The van der Waals surface area contributed by atoms with Gasteiger partial charge in [0, 0.05) is 86.0 Å². The first-order valence-electron chi connectivity index (χ1n) is 22.5. The number of hydrogen-bond acceptors (Lipinski definition) is 10. The summed E-state index contributed by atoms with van der Waals surface area (Å²) in [6.45, 7) is 8.09. The number of hydrogen-bond donors (Lipinski definition) is 3. The number of aromatic nitrogens is 1. The van der Waals surface area contributed by atoms with Crippen LogP contribution in [0.25, 0.3) is 32.2 Å². The number of rotatable bonds is 17. The van der Waals surface area contributed by atoms with E-state index < -0.39 is 11.9 Å². The number of carbonyl (C=O) groups is 4. The van der Waals surface area contributed by atoms with Crippen LogP contribution < -0.4 is 30.7 Å². The molecular weight excluding hydrogens is 797 g/mol. The highest BCUT2D eigenvalue weighted by molar-refractivity contribution is 7.21. The molecule has 3 aliphatic rings. The maximum absolute atomic E-state index is 12.9. The monoisotopic (exact) mass is 856 g/mol. The van der Waals surface area contributed by atoms with E-state index in [1.807, 2.05) is 32.0 Å². The van der Waals surface area contributed by atoms with Gasteiger partial charge in [-0.05, 0) is 93.2 Å². The van der Waals surface area contributed by atoms with Gasteiger partial charge in [0.2, 0.25) is 18.2 Å². The van der Waals surface area contributed by atoms with Gasteiger partial charge in [-0.3, -0.25) is 29.4 Å². The third-order valence-corrected chi connectivity index (χ3v) is 13.9. The zero-order chi connectivity index (χ0) is 43.2. The molecule has 0 spiro atoms. The Morgan fingerprint density at radius 2 is 1.63 bits per heavy atom. The van der Waals surface area contributed by atoms with Crippen molar-refractivity contribution in [1.82, 2.24) is 20.5 Å². The first-order chi connectivity index (χ1) is 30.2. The lowest BCUT2D eigenvalue weighted by molar-refractivity contribution is -0.134. The number of benzene rings is 3. The molecule has 3 N–H and O–H groups in total.